The second-order valence-corrected chi connectivity index (χ2v) is 6.16. The van der Waals surface area contributed by atoms with Crippen molar-refractivity contribution in [2.24, 2.45) is 5.73 Å². The summed E-state index contributed by atoms with van der Waals surface area (Å²) in [5, 5.41) is 8.74. The first kappa shape index (κ1) is 16.8. The van der Waals surface area contributed by atoms with Crippen molar-refractivity contribution >= 4 is 27.7 Å². The van der Waals surface area contributed by atoms with E-state index in [0.717, 1.165) is 6.07 Å². The summed E-state index contributed by atoms with van der Waals surface area (Å²) in [4.78, 5) is 32.6. The topological polar surface area (TPSA) is 135 Å². The van der Waals surface area contributed by atoms with E-state index < -0.39 is 35.0 Å². The van der Waals surface area contributed by atoms with Crippen molar-refractivity contribution in [2.45, 2.75) is 11.8 Å². The number of hydrogen-bond acceptors (Lipinski definition) is 5. The largest absolute Gasteiger partial charge is 0.480 e. The van der Waals surface area contributed by atoms with Crippen molar-refractivity contribution in [1.29, 1.82) is 0 Å². The molecular weight excluding hydrogens is 300 g/mol. The number of aliphatic carboxylic acids is 1. The van der Waals surface area contributed by atoms with E-state index in [0.29, 0.717) is 4.31 Å². The second-order valence-electron chi connectivity index (χ2n) is 4.22. The number of nitrogens with zero attached hydrogens (tertiary/aromatic N) is 1. The van der Waals surface area contributed by atoms with Gasteiger partial charge in [-0.1, -0.05) is 12.1 Å². The molecular formula is C12H14N2O6S. The molecule has 0 bridgehead atoms. The van der Waals surface area contributed by atoms with Gasteiger partial charge < -0.3 is 10.8 Å². The molecule has 0 unspecified atom stereocenters. The van der Waals surface area contributed by atoms with Crippen LogP contribution in [0.2, 0.25) is 0 Å². The summed E-state index contributed by atoms with van der Waals surface area (Å²) >= 11 is 0. The number of sulfonamides is 1. The molecule has 0 saturated carbocycles. The SMILES string of the molecule is CC(=O)c1cccc(S(=O)(=O)N(CC(N)=O)CC(=O)O)c1. The molecule has 114 valence electrons. The Balaban J connectivity index is 3.27. The van der Waals surface area contributed by atoms with Crippen LogP contribution in [0.15, 0.2) is 29.2 Å². The minimum Gasteiger partial charge on any atom is -0.480 e. The van der Waals surface area contributed by atoms with E-state index >= 15 is 0 Å². The lowest BCUT2D eigenvalue weighted by Gasteiger charge is -2.18. The van der Waals surface area contributed by atoms with Gasteiger partial charge in [-0.25, -0.2) is 8.42 Å². The van der Waals surface area contributed by atoms with E-state index in [9.17, 15) is 22.8 Å². The van der Waals surface area contributed by atoms with Gasteiger partial charge in [0, 0.05) is 5.56 Å². The maximum atomic E-state index is 12.3. The van der Waals surface area contributed by atoms with Gasteiger partial charge in [-0.3, -0.25) is 14.4 Å². The van der Waals surface area contributed by atoms with Crippen LogP contribution in [0, 0.1) is 0 Å². The van der Waals surface area contributed by atoms with Crippen molar-refractivity contribution in [3.8, 4) is 0 Å². The normalized spacial score (nSPS) is 11.3. The molecule has 0 aliphatic carbocycles. The summed E-state index contributed by atoms with van der Waals surface area (Å²) < 4.78 is 25.1. The van der Waals surface area contributed by atoms with Gasteiger partial charge in [-0.05, 0) is 19.1 Å². The summed E-state index contributed by atoms with van der Waals surface area (Å²) in [6, 6.07) is 5.11. The highest BCUT2D eigenvalue weighted by Crippen LogP contribution is 2.17. The van der Waals surface area contributed by atoms with Gasteiger partial charge in [0.1, 0.15) is 6.54 Å². The van der Waals surface area contributed by atoms with Crippen molar-refractivity contribution < 1.29 is 27.9 Å². The Kier molecular flexibility index (Phi) is 5.17. The Morgan fingerprint density at radius 2 is 1.86 bits per heavy atom. The fourth-order valence-electron chi connectivity index (χ4n) is 1.58. The van der Waals surface area contributed by atoms with Gasteiger partial charge in [-0.2, -0.15) is 4.31 Å². The summed E-state index contributed by atoms with van der Waals surface area (Å²) in [6.07, 6.45) is 0. The van der Waals surface area contributed by atoms with E-state index in [-0.39, 0.29) is 16.2 Å². The van der Waals surface area contributed by atoms with Gasteiger partial charge in [0.05, 0.1) is 11.4 Å². The summed E-state index contributed by atoms with van der Waals surface area (Å²) in [5.74, 6) is -2.75. The molecule has 1 rings (SSSR count). The third kappa shape index (κ3) is 4.36. The number of carbonyl (C=O) groups is 3. The lowest BCUT2D eigenvalue weighted by molar-refractivity contribution is -0.137. The van der Waals surface area contributed by atoms with Crippen LogP contribution >= 0.6 is 0 Å². The standard InChI is InChI=1S/C12H14N2O6S/c1-8(15)9-3-2-4-10(5-9)21(19,20)14(6-11(13)16)7-12(17)18/h2-5H,6-7H2,1H3,(H2,13,16)(H,17,18). The molecule has 8 nitrogen and oxygen atoms in total. The molecule has 1 aromatic rings. The smallest absolute Gasteiger partial charge is 0.318 e. The first-order chi connectivity index (χ1) is 9.64. The number of primary amides is 1. The number of ketones is 1. The number of carboxylic acid groups (broad SMARTS) is 1. The Labute approximate surface area is 121 Å². The molecule has 0 atom stereocenters. The number of rotatable bonds is 7. The fourth-order valence-corrected chi connectivity index (χ4v) is 2.98. The molecule has 0 fully saturated rings. The van der Waals surface area contributed by atoms with Crippen molar-refractivity contribution in [3.63, 3.8) is 0 Å². The predicted octanol–water partition coefficient (Wildman–Crippen LogP) is -0.550. The quantitative estimate of drug-likeness (QED) is 0.648. The van der Waals surface area contributed by atoms with Crippen LogP contribution in [-0.2, 0) is 19.6 Å². The van der Waals surface area contributed by atoms with E-state index in [1.165, 1.54) is 25.1 Å². The number of carboxylic acids is 1. The van der Waals surface area contributed by atoms with Crippen LogP contribution in [0.25, 0.3) is 0 Å². The van der Waals surface area contributed by atoms with Crippen LogP contribution in [0.3, 0.4) is 0 Å². The van der Waals surface area contributed by atoms with E-state index in [1.807, 2.05) is 0 Å². The highest BCUT2D eigenvalue weighted by molar-refractivity contribution is 7.89. The fraction of sp³-hybridized carbons (Fsp3) is 0.250. The van der Waals surface area contributed by atoms with Crippen LogP contribution < -0.4 is 5.73 Å². The molecule has 0 aliphatic heterocycles. The van der Waals surface area contributed by atoms with Gasteiger partial charge in [0.25, 0.3) is 0 Å². The summed E-state index contributed by atoms with van der Waals surface area (Å²) in [6.45, 7) is -0.404. The van der Waals surface area contributed by atoms with Gasteiger partial charge in [0.2, 0.25) is 15.9 Å². The first-order valence-electron chi connectivity index (χ1n) is 5.76. The number of benzene rings is 1. The molecule has 1 amide bonds. The number of carbonyl (C=O) groups excluding carboxylic acids is 2. The molecule has 9 heteroatoms. The lowest BCUT2D eigenvalue weighted by atomic mass is 10.2. The molecule has 0 aromatic heterocycles. The van der Waals surface area contributed by atoms with Crippen LogP contribution in [0.1, 0.15) is 17.3 Å². The van der Waals surface area contributed by atoms with Crippen molar-refractivity contribution in [2.75, 3.05) is 13.1 Å². The third-order valence-electron chi connectivity index (χ3n) is 2.52. The Morgan fingerprint density at radius 1 is 1.24 bits per heavy atom. The van der Waals surface area contributed by atoms with Crippen molar-refractivity contribution in [1.82, 2.24) is 4.31 Å². The van der Waals surface area contributed by atoms with Crippen LogP contribution in [-0.4, -0.2) is 48.6 Å². The van der Waals surface area contributed by atoms with E-state index in [4.69, 9.17) is 10.8 Å². The lowest BCUT2D eigenvalue weighted by Crippen LogP contribution is -2.41. The number of hydrogen-bond donors (Lipinski definition) is 2. The molecule has 0 radical (unpaired) electrons. The maximum absolute atomic E-state index is 12.3. The van der Waals surface area contributed by atoms with Gasteiger partial charge in [-0.15, -0.1) is 0 Å². The van der Waals surface area contributed by atoms with E-state index in [2.05, 4.69) is 0 Å². The molecule has 0 saturated heterocycles. The zero-order valence-corrected chi connectivity index (χ0v) is 12.0. The monoisotopic (exact) mass is 314 g/mol. The number of Topliss-reactive ketones (excluding diaryl/α,β-unsaturated/α-hetero) is 1. The Morgan fingerprint density at radius 3 is 2.33 bits per heavy atom. The minimum absolute atomic E-state index is 0.158. The minimum atomic E-state index is -4.25. The zero-order valence-electron chi connectivity index (χ0n) is 11.1. The molecule has 21 heavy (non-hydrogen) atoms. The average Bonchev–Trinajstić information content (AvgIpc) is 2.37. The van der Waals surface area contributed by atoms with Gasteiger partial charge >= 0.3 is 5.97 Å². The van der Waals surface area contributed by atoms with Gasteiger partial charge in [0.15, 0.2) is 5.78 Å². The predicted molar refractivity (Wildman–Crippen MR) is 72.0 cm³/mol. The third-order valence-corrected chi connectivity index (χ3v) is 4.31. The number of amides is 1. The molecule has 3 N–H and O–H groups in total. The van der Waals surface area contributed by atoms with Crippen LogP contribution in [0.4, 0.5) is 0 Å². The van der Waals surface area contributed by atoms with Crippen LogP contribution in [0.5, 0.6) is 0 Å². The highest BCUT2D eigenvalue weighted by Gasteiger charge is 2.28. The van der Waals surface area contributed by atoms with Crippen molar-refractivity contribution in [3.05, 3.63) is 29.8 Å². The van der Waals surface area contributed by atoms with E-state index in [1.54, 1.807) is 0 Å². The molecule has 1 aromatic carbocycles. The second kappa shape index (κ2) is 6.46. The Bertz CT molecular complexity index is 667. The molecule has 0 spiro atoms. The first-order valence-corrected chi connectivity index (χ1v) is 7.20. The summed E-state index contributed by atoms with van der Waals surface area (Å²) in [7, 11) is -4.25. The number of nitrogens with two attached hydrogens (primary N) is 1. The summed E-state index contributed by atoms with van der Waals surface area (Å²) in [5.41, 5.74) is 5.09. The molecule has 0 heterocycles. The Hall–Kier alpha value is -2.26. The zero-order chi connectivity index (χ0) is 16.2. The maximum Gasteiger partial charge on any atom is 0.318 e. The average molecular weight is 314 g/mol. The highest BCUT2D eigenvalue weighted by atomic mass is 32.2. The molecule has 0 aliphatic rings.